The van der Waals surface area contributed by atoms with Crippen molar-refractivity contribution in [3.8, 4) is 17.1 Å². The van der Waals surface area contributed by atoms with Gasteiger partial charge in [-0.25, -0.2) is 10.1 Å². The maximum atomic E-state index is 12.7. The summed E-state index contributed by atoms with van der Waals surface area (Å²) in [6.45, 7) is 0. The van der Waals surface area contributed by atoms with Crippen LogP contribution in [0.5, 0.6) is 0 Å². The Bertz CT molecular complexity index is 857. The van der Waals surface area contributed by atoms with Crippen molar-refractivity contribution in [2.24, 2.45) is 0 Å². The number of nitro groups is 1. The third kappa shape index (κ3) is 2.73. The number of aromatic nitrogens is 6. The van der Waals surface area contributed by atoms with Crippen LogP contribution in [0.3, 0.4) is 0 Å². The van der Waals surface area contributed by atoms with Crippen LogP contribution in [-0.4, -0.2) is 35.1 Å². The Morgan fingerprint density at radius 2 is 2.09 bits per heavy atom. The van der Waals surface area contributed by atoms with E-state index in [9.17, 15) is 23.3 Å². The highest BCUT2D eigenvalue weighted by Gasteiger charge is 2.33. The molecule has 2 heterocycles. The van der Waals surface area contributed by atoms with Crippen molar-refractivity contribution in [2.45, 2.75) is 6.18 Å². The maximum Gasteiger partial charge on any atom is 0.434 e. The third-order valence-corrected chi connectivity index (χ3v) is 2.94. The van der Waals surface area contributed by atoms with Crippen molar-refractivity contribution in [1.29, 1.82) is 0 Å². The Morgan fingerprint density at radius 3 is 2.65 bits per heavy atom. The second kappa shape index (κ2) is 5.15. The fraction of sp³-hybridized carbons (Fsp3) is 0.0909. The van der Waals surface area contributed by atoms with Gasteiger partial charge >= 0.3 is 6.18 Å². The Labute approximate surface area is 124 Å². The lowest BCUT2D eigenvalue weighted by Crippen LogP contribution is -2.05. The van der Waals surface area contributed by atoms with Crippen molar-refractivity contribution in [3.05, 3.63) is 46.5 Å². The number of hydrogen-bond donors (Lipinski definition) is 1. The van der Waals surface area contributed by atoms with Crippen LogP contribution < -0.4 is 0 Å². The minimum absolute atomic E-state index is 0.0750. The van der Waals surface area contributed by atoms with Gasteiger partial charge in [-0.1, -0.05) is 0 Å². The molecule has 1 aromatic carbocycles. The number of alkyl halides is 3. The number of non-ortho nitro benzene ring substituents is 1. The molecular formula is C11H6F3N7O2. The summed E-state index contributed by atoms with van der Waals surface area (Å²) in [7, 11) is 0. The molecule has 0 unspecified atom stereocenters. The number of nitrogens with zero attached hydrogens (tertiary/aromatic N) is 6. The summed E-state index contributed by atoms with van der Waals surface area (Å²) in [5.41, 5.74) is -0.971. The number of benzene rings is 1. The van der Waals surface area contributed by atoms with Gasteiger partial charge in [-0.3, -0.25) is 10.1 Å². The van der Waals surface area contributed by atoms with Gasteiger partial charge in [0.2, 0.25) is 0 Å². The molecule has 0 aliphatic carbocycles. The number of imidazole rings is 1. The standard InChI is InChI=1S/C11H6F3N7O2/c12-11(13,14)9-4-20(5-15-9)8-2-1-6(21(22)23)3-7(8)10-16-18-19-17-10/h1-5H,(H,16,17,18,19). The predicted octanol–water partition coefficient (Wildman–Crippen LogP) is 1.98. The molecule has 118 valence electrons. The molecule has 0 amide bonds. The maximum absolute atomic E-state index is 12.7. The van der Waals surface area contributed by atoms with Gasteiger partial charge < -0.3 is 4.57 Å². The quantitative estimate of drug-likeness (QED) is 0.581. The number of H-pyrrole nitrogens is 1. The summed E-state index contributed by atoms with van der Waals surface area (Å²) in [5.74, 6) is 0.0750. The van der Waals surface area contributed by atoms with Crippen molar-refractivity contribution < 1.29 is 18.1 Å². The lowest BCUT2D eigenvalue weighted by Gasteiger charge is -2.07. The highest BCUT2D eigenvalue weighted by Crippen LogP contribution is 2.31. The normalized spacial score (nSPS) is 11.6. The van der Waals surface area contributed by atoms with Gasteiger partial charge in [-0.2, -0.15) is 13.2 Å². The van der Waals surface area contributed by atoms with Gasteiger partial charge in [0.15, 0.2) is 11.5 Å². The van der Waals surface area contributed by atoms with E-state index in [4.69, 9.17) is 0 Å². The smallest absolute Gasteiger partial charge is 0.305 e. The molecule has 9 nitrogen and oxygen atoms in total. The first-order chi connectivity index (χ1) is 10.9. The predicted molar refractivity (Wildman–Crippen MR) is 68.4 cm³/mol. The molecule has 0 saturated heterocycles. The Balaban J connectivity index is 2.15. The lowest BCUT2D eigenvalue weighted by molar-refractivity contribution is -0.384. The summed E-state index contributed by atoms with van der Waals surface area (Å²) in [4.78, 5) is 13.5. The molecular weight excluding hydrogens is 319 g/mol. The van der Waals surface area contributed by atoms with E-state index in [1.54, 1.807) is 0 Å². The lowest BCUT2D eigenvalue weighted by atomic mass is 10.1. The van der Waals surface area contributed by atoms with E-state index in [1.165, 1.54) is 6.07 Å². The van der Waals surface area contributed by atoms with E-state index in [1.807, 2.05) is 0 Å². The van der Waals surface area contributed by atoms with Crippen LogP contribution in [0.4, 0.5) is 18.9 Å². The van der Waals surface area contributed by atoms with E-state index >= 15 is 0 Å². The molecule has 0 spiro atoms. The molecule has 3 rings (SSSR count). The summed E-state index contributed by atoms with van der Waals surface area (Å²) in [6, 6.07) is 3.61. The average molecular weight is 325 g/mol. The molecule has 0 aliphatic heterocycles. The fourth-order valence-corrected chi connectivity index (χ4v) is 1.93. The highest BCUT2D eigenvalue weighted by molar-refractivity contribution is 5.70. The summed E-state index contributed by atoms with van der Waals surface area (Å²) in [5, 5.41) is 23.6. The first kappa shape index (κ1) is 14.6. The van der Waals surface area contributed by atoms with E-state index in [0.717, 1.165) is 29.2 Å². The minimum atomic E-state index is -4.60. The Kier molecular flexibility index (Phi) is 3.28. The zero-order chi connectivity index (χ0) is 16.6. The highest BCUT2D eigenvalue weighted by atomic mass is 19.4. The van der Waals surface area contributed by atoms with Crippen molar-refractivity contribution in [3.63, 3.8) is 0 Å². The van der Waals surface area contributed by atoms with Crippen LogP contribution in [0.1, 0.15) is 5.69 Å². The zero-order valence-corrected chi connectivity index (χ0v) is 11.0. The number of hydrogen-bond acceptors (Lipinski definition) is 6. The number of halogens is 3. The summed E-state index contributed by atoms with van der Waals surface area (Å²) in [6.07, 6.45) is -2.87. The van der Waals surface area contributed by atoms with E-state index in [2.05, 4.69) is 25.6 Å². The summed E-state index contributed by atoms with van der Waals surface area (Å²) < 4.78 is 39.1. The number of nitro benzene ring substituents is 1. The molecule has 0 atom stereocenters. The van der Waals surface area contributed by atoms with Gasteiger partial charge in [-0.15, -0.1) is 5.10 Å². The van der Waals surface area contributed by atoms with Crippen LogP contribution >= 0.6 is 0 Å². The van der Waals surface area contributed by atoms with E-state index in [0.29, 0.717) is 0 Å². The third-order valence-electron chi connectivity index (χ3n) is 2.94. The molecule has 0 aliphatic rings. The number of tetrazole rings is 1. The largest absolute Gasteiger partial charge is 0.434 e. The van der Waals surface area contributed by atoms with Crippen LogP contribution in [0.15, 0.2) is 30.7 Å². The molecule has 23 heavy (non-hydrogen) atoms. The zero-order valence-electron chi connectivity index (χ0n) is 11.0. The molecule has 12 heteroatoms. The van der Waals surface area contributed by atoms with Crippen molar-refractivity contribution in [2.75, 3.05) is 0 Å². The van der Waals surface area contributed by atoms with E-state index in [-0.39, 0.29) is 22.8 Å². The van der Waals surface area contributed by atoms with Crippen molar-refractivity contribution in [1.82, 2.24) is 30.2 Å². The number of rotatable bonds is 3. The van der Waals surface area contributed by atoms with Crippen LogP contribution in [-0.2, 0) is 6.18 Å². The Hall–Kier alpha value is -3.31. The first-order valence-electron chi connectivity index (χ1n) is 6.00. The van der Waals surface area contributed by atoms with Gasteiger partial charge in [0.05, 0.1) is 22.5 Å². The van der Waals surface area contributed by atoms with Gasteiger partial charge in [0.1, 0.15) is 0 Å². The SMILES string of the molecule is O=[N+]([O-])c1ccc(-n2cnc(C(F)(F)F)c2)c(-c2nnn[nH]2)c1. The Morgan fingerprint density at radius 1 is 1.30 bits per heavy atom. The monoisotopic (exact) mass is 325 g/mol. The van der Waals surface area contributed by atoms with Crippen LogP contribution in [0, 0.1) is 10.1 Å². The topological polar surface area (TPSA) is 115 Å². The summed E-state index contributed by atoms with van der Waals surface area (Å²) >= 11 is 0. The number of nitrogens with one attached hydrogen (secondary N) is 1. The van der Waals surface area contributed by atoms with Crippen molar-refractivity contribution >= 4 is 5.69 Å². The molecule has 3 aromatic rings. The second-order valence-corrected chi connectivity index (χ2v) is 4.37. The molecule has 1 N–H and O–H groups in total. The molecule has 2 aromatic heterocycles. The average Bonchev–Trinajstić information content (AvgIpc) is 3.17. The molecule has 0 saturated carbocycles. The van der Waals surface area contributed by atoms with Gasteiger partial charge in [0, 0.05) is 18.3 Å². The van der Waals surface area contributed by atoms with Gasteiger partial charge in [-0.05, 0) is 16.5 Å². The van der Waals surface area contributed by atoms with E-state index < -0.39 is 16.8 Å². The molecule has 0 bridgehead atoms. The minimum Gasteiger partial charge on any atom is -0.305 e. The second-order valence-electron chi connectivity index (χ2n) is 4.37. The van der Waals surface area contributed by atoms with Gasteiger partial charge in [0.25, 0.3) is 5.69 Å². The number of aromatic amines is 1. The first-order valence-corrected chi connectivity index (χ1v) is 6.00. The van der Waals surface area contributed by atoms with Crippen LogP contribution in [0.2, 0.25) is 0 Å². The van der Waals surface area contributed by atoms with Crippen LogP contribution in [0.25, 0.3) is 17.1 Å². The molecule has 0 radical (unpaired) electrons. The fourth-order valence-electron chi connectivity index (χ4n) is 1.93. The molecule has 0 fully saturated rings.